The van der Waals surface area contributed by atoms with Crippen LogP contribution in [-0.2, 0) is 16.0 Å². The third kappa shape index (κ3) is 3.63. The van der Waals surface area contributed by atoms with Gasteiger partial charge in [0.25, 0.3) is 0 Å². The summed E-state index contributed by atoms with van der Waals surface area (Å²) in [5.41, 5.74) is 0. The summed E-state index contributed by atoms with van der Waals surface area (Å²) < 4.78 is 9.77. The van der Waals surface area contributed by atoms with E-state index in [9.17, 15) is 4.79 Å². The van der Waals surface area contributed by atoms with Gasteiger partial charge in [0.2, 0.25) is 0 Å². The number of aromatic nitrogens is 2. The SMILES string of the molecule is CCOC(=O)Cc1nsc(SCC)n1. The summed E-state index contributed by atoms with van der Waals surface area (Å²) in [6.07, 6.45) is 0.175. The Labute approximate surface area is 91.2 Å². The number of hydrogen-bond donors (Lipinski definition) is 0. The van der Waals surface area contributed by atoms with Crippen LogP contribution in [0, 0.1) is 0 Å². The van der Waals surface area contributed by atoms with Gasteiger partial charge in [-0.25, -0.2) is 4.98 Å². The maximum absolute atomic E-state index is 11.1. The fourth-order valence-electron chi connectivity index (χ4n) is 0.833. The van der Waals surface area contributed by atoms with E-state index in [1.165, 1.54) is 11.5 Å². The van der Waals surface area contributed by atoms with Crippen molar-refractivity contribution < 1.29 is 9.53 Å². The quantitative estimate of drug-likeness (QED) is 0.572. The molecule has 0 spiro atoms. The molecule has 0 saturated heterocycles. The normalized spacial score (nSPS) is 10.1. The van der Waals surface area contributed by atoms with Crippen molar-refractivity contribution in [1.82, 2.24) is 9.36 Å². The Balaban J connectivity index is 2.46. The molecule has 6 heteroatoms. The Bertz CT molecular complexity index is 301. The Kier molecular flexibility index (Phi) is 4.89. The van der Waals surface area contributed by atoms with Crippen molar-refractivity contribution in [2.24, 2.45) is 0 Å². The number of rotatable bonds is 5. The van der Waals surface area contributed by atoms with E-state index in [2.05, 4.69) is 16.3 Å². The number of ether oxygens (including phenoxy) is 1. The zero-order valence-electron chi connectivity index (χ0n) is 8.15. The molecule has 0 bridgehead atoms. The van der Waals surface area contributed by atoms with Crippen LogP contribution >= 0.6 is 23.3 Å². The highest BCUT2D eigenvalue weighted by atomic mass is 32.2. The molecule has 0 atom stereocenters. The molecule has 0 aromatic carbocycles. The van der Waals surface area contributed by atoms with E-state index in [1.807, 2.05) is 0 Å². The molecule has 14 heavy (non-hydrogen) atoms. The summed E-state index contributed by atoms with van der Waals surface area (Å²) in [6, 6.07) is 0. The van der Waals surface area contributed by atoms with Crippen LogP contribution in [0.4, 0.5) is 0 Å². The van der Waals surface area contributed by atoms with E-state index in [4.69, 9.17) is 4.74 Å². The van der Waals surface area contributed by atoms with Gasteiger partial charge in [0.15, 0.2) is 10.2 Å². The Morgan fingerprint density at radius 2 is 2.36 bits per heavy atom. The van der Waals surface area contributed by atoms with Crippen molar-refractivity contribution in [2.45, 2.75) is 24.6 Å². The first-order chi connectivity index (χ1) is 6.76. The second-order valence-electron chi connectivity index (χ2n) is 2.39. The van der Waals surface area contributed by atoms with E-state index in [-0.39, 0.29) is 12.4 Å². The van der Waals surface area contributed by atoms with Gasteiger partial charge >= 0.3 is 5.97 Å². The first-order valence-electron chi connectivity index (χ1n) is 4.37. The molecule has 1 aromatic rings. The third-order valence-corrected chi connectivity index (χ3v) is 3.08. The Hall–Kier alpha value is -0.620. The third-order valence-electron chi connectivity index (χ3n) is 1.33. The first kappa shape index (κ1) is 11.5. The lowest BCUT2D eigenvalue weighted by Gasteiger charge is -1.96. The highest BCUT2D eigenvalue weighted by molar-refractivity contribution is 8.00. The zero-order valence-corrected chi connectivity index (χ0v) is 9.78. The number of thioether (sulfide) groups is 1. The van der Waals surface area contributed by atoms with Crippen molar-refractivity contribution in [3.8, 4) is 0 Å². The van der Waals surface area contributed by atoms with E-state index >= 15 is 0 Å². The van der Waals surface area contributed by atoms with Crippen LogP contribution in [0.25, 0.3) is 0 Å². The minimum absolute atomic E-state index is 0.175. The highest BCUT2D eigenvalue weighted by Gasteiger charge is 2.09. The monoisotopic (exact) mass is 232 g/mol. The van der Waals surface area contributed by atoms with Gasteiger partial charge in [-0.15, -0.1) is 0 Å². The summed E-state index contributed by atoms with van der Waals surface area (Å²) in [5.74, 6) is 1.26. The van der Waals surface area contributed by atoms with Gasteiger partial charge in [-0.2, -0.15) is 4.37 Å². The fourth-order valence-corrected chi connectivity index (χ4v) is 2.36. The molecule has 0 aliphatic rings. The molecule has 0 amide bonds. The fraction of sp³-hybridized carbons (Fsp3) is 0.625. The maximum atomic E-state index is 11.1. The molecule has 0 N–H and O–H groups in total. The minimum Gasteiger partial charge on any atom is -0.466 e. The molecule has 0 radical (unpaired) electrons. The molecule has 0 saturated carbocycles. The van der Waals surface area contributed by atoms with Gasteiger partial charge in [-0.1, -0.05) is 18.7 Å². The molecular formula is C8H12N2O2S2. The van der Waals surface area contributed by atoms with Crippen LogP contribution in [0.3, 0.4) is 0 Å². The average Bonchev–Trinajstić information content (AvgIpc) is 2.53. The Morgan fingerprint density at radius 1 is 1.57 bits per heavy atom. The van der Waals surface area contributed by atoms with Gasteiger partial charge < -0.3 is 4.74 Å². The van der Waals surface area contributed by atoms with E-state index in [0.717, 1.165) is 10.1 Å². The first-order valence-corrected chi connectivity index (χ1v) is 6.13. The number of carbonyl (C=O) groups is 1. The molecule has 78 valence electrons. The smallest absolute Gasteiger partial charge is 0.313 e. The summed E-state index contributed by atoms with van der Waals surface area (Å²) in [7, 11) is 0. The molecule has 0 fully saturated rings. The van der Waals surface area contributed by atoms with Crippen molar-refractivity contribution in [2.75, 3.05) is 12.4 Å². The predicted molar refractivity (Wildman–Crippen MR) is 56.6 cm³/mol. The van der Waals surface area contributed by atoms with Crippen LogP contribution < -0.4 is 0 Å². The standard InChI is InChI=1S/C8H12N2O2S2/c1-3-12-7(11)5-6-9-8(13-4-2)14-10-6/h3-5H2,1-2H3. The second-order valence-corrected chi connectivity index (χ2v) is 4.65. The van der Waals surface area contributed by atoms with Crippen LogP contribution in [0.1, 0.15) is 19.7 Å². The van der Waals surface area contributed by atoms with Gasteiger partial charge in [0, 0.05) is 0 Å². The number of nitrogens with zero attached hydrogens (tertiary/aromatic N) is 2. The van der Waals surface area contributed by atoms with Crippen LogP contribution in [0.5, 0.6) is 0 Å². The minimum atomic E-state index is -0.265. The van der Waals surface area contributed by atoms with Gasteiger partial charge in [-0.05, 0) is 24.2 Å². The molecule has 0 aliphatic heterocycles. The van der Waals surface area contributed by atoms with Crippen LogP contribution in [0.2, 0.25) is 0 Å². The van der Waals surface area contributed by atoms with E-state index in [0.29, 0.717) is 12.4 Å². The molecule has 0 aliphatic carbocycles. The predicted octanol–water partition coefficient (Wildman–Crippen LogP) is 1.76. The molecule has 1 rings (SSSR count). The lowest BCUT2D eigenvalue weighted by Crippen LogP contribution is -2.08. The summed E-state index contributed by atoms with van der Waals surface area (Å²) >= 11 is 2.96. The maximum Gasteiger partial charge on any atom is 0.313 e. The van der Waals surface area contributed by atoms with Crippen LogP contribution in [-0.4, -0.2) is 27.7 Å². The van der Waals surface area contributed by atoms with Gasteiger partial charge in [-0.3, -0.25) is 4.79 Å². The summed E-state index contributed by atoms with van der Waals surface area (Å²) in [4.78, 5) is 15.3. The molecule has 1 aromatic heterocycles. The van der Waals surface area contributed by atoms with Crippen molar-refractivity contribution >= 4 is 29.3 Å². The van der Waals surface area contributed by atoms with Crippen molar-refractivity contribution in [3.63, 3.8) is 0 Å². The summed E-state index contributed by atoms with van der Waals surface area (Å²) in [6.45, 7) is 4.24. The number of esters is 1. The highest BCUT2D eigenvalue weighted by Crippen LogP contribution is 2.19. The van der Waals surface area contributed by atoms with Crippen molar-refractivity contribution in [1.29, 1.82) is 0 Å². The van der Waals surface area contributed by atoms with Gasteiger partial charge in [0.05, 0.1) is 6.61 Å². The molecular weight excluding hydrogens is 220 g/mol. The van der Waals surface area contributed by atoms with Crippen molar-refractivity contribution in [3.05, 3.63) is 5.82 Å². The largest absolute Gasteiger partial charge is 0.466 e. The number of carbonyl (C=O) groups excluding carboxylic acids is 1. The zero-order chi connectivity index (χ0) is 10.4. The molecule has 0 unspecified atom stereocenters. The lowest BCUT2D eigenvalue weighted by molar-refractivity contribution is -0.142. The van der Waals surface area contributed by atoms with E-state index in [1.54, 1.807) is 18.7 Å². The Morgan fingerprint density at radius 3 is 3.00 bits per heavy atom. The molecule has 4 nitrogen and oxygen atoms in total. The average molecular weight is 232 g/mol. The lowest BCUT2D eigenvalue weighted by atomic mass is 10.4. The van der Waals surface area contributed by atoms with E-state index < -0.39 is 0 Å². The topological polar surface area (TPSA) is 52.1 Å². The van der Waals surface area contributed by atoms with Crippen LogP contribution in [0.15, 0.2) is 4.34 Å². The van der Waals surface area contributed by atoms with Gasteiger partial charge in [0.1, 0.15) is 6.42 Å². The summed E-state index contributed by atoms with van der Waals surface area (Å²) in [5, 5.41) is 0. The second kappa shape index (κ2) is 5.98. The molecule has 1 heterocycles. The number of hydrogen-bond acceptors (Lipinski definition) is 6.